The molecule has 0 aliphatic carbocycles. The second-order valence-corrected chi connectivity index (χ2v) is 13.6. The fourth-order valence-electron chi connectivity index (χ4n) is 7.33. The highest BCUT2D eigenvalue weighted by Gasteiger charge is 2.49. The minimum Gasteiger partial charge on any atom is -0.461 e. The molecule has 2 aromatic heterocycles. The van der Waals surface area contributed by atoms with Crippen molar-refractivity contribution in [3.63, 3.8) is 0 Å². The number of thiophene rings is 1. The monoisotopic (exact) mass is 638 g/mol. The van der Waals surface area contributed by atoms with Crippen LogP contribution >= 0.6 is 22.9 Å². The molecule has 44 heavy (non-hydrogen) atoms. The first-order chi connectivity index (χ1) is 21.2. The van der Waals surface area contributed by atoms with Gasteiger partial charge in [-0.15, -0.1) is 11.3 Å². The van der Waals surface area contributed by atoms with E-state index in [9.17, 15) is 14.0 Å². The number of aryl methyl sites for hydroxylation is 1. The summed E-state index contributed by atoms with van der Waals surface area (Å²) >= 11 is 8.10. The molecule has 0 unspecified atom stereocenters. The normalized spacial score (nSPS) is 24.1. The summed E-state index contributed by atoms with van der Waals surface area (Å²) in [5, 5.41) is 11.8. The summed E-state index contributed by atoms with van der Waals surface area (Å²) < 4.78 is 41.9. The largest absolute Gasteiger partial charge is 0.461 e. The standard InChI is InChI=1S/C32H33ClF2N6O2S/c1-17-6-10-42-11-9-41(17)30-21-12-23(33)25(20-4-5-24(35)28-26(20)22(14-36)29(37)44-28)18(2)27(21)38-31(39-30)43-16-32-7-3-8-40(32)15-19(34)13-32/h4-5,12,17,19H,3,6-11,13,15-16,37H2,1-2H3/t17-,19-,32+/m1/s1. The number of halogens is 3. The van der Waals surface area contributed by atoms with Gasteiger partial charge in [-0.25, -0.2) is 8.78 Å². The van der Waals surface area contributed by atoms with Gasteiger partial charge in [0.1, 0.15) is 35.5 Å². The van der Waals surface area contributed by atoms with Crippen LogP contribution in [0.25, 0.3) is 32.1 Å². The molecule has 0 spiro atoms. The molecule has 230 valence electrons. The minimum atomic E-state index is -0.867. The Morgan fingerprint density at radius 2 is 2.14 bits per heavy atom. The molecule has 0 bridgehead atoms. The molecule has 5 heterocycles. The second-order valence-electron chi connectivity index (χ2n) is 12.1. The molecule has 0 radical (unpaired) electrons. The van der Waals surface area contributed by atoms with Crippen LogP contribution in [0.1, 0.15) is 43.7 Å². The summed E-state index contributed by atoms with van der Waals surface area (Å²) in [6.07, 6.45) is 2.29. The van der Waals surface area contributed by atoms with Crippen LogP contribution in [0, 0.1) is 24.1 Å². The van der Waals surface area contributed by atoms with E-state index < -0.39 is 12.0 Å². The van der Waals surface area contributed by atoms with E-state index >= 15 is 0 Å². The number of benzene rings is 2. The first kappa shape index (κ1) is 29.4. The Bertz CT molecular complexity index is 1830. The van der Waals surface area contributed by atoms with E-state index in [-0.39, 0.29) is 28.2 Å². The fourth-order valence-corrected chi connectivity index (χ4v) is 8.63. The number of nitriles is 1. The van der Waals surface area contributed by atoms with Gasteiger partial charge in [0.15, 0.2) is 0 Å². The predicted octanol–water partition coefficient (Wildman–Crippen LogP) is 6.64. The minimum absolute atomic E-state index is 0.136. The Balaban J connectivity index is 1.41. The number of hydrogen-bond donors (Lipinski definition) is 1. The van der Waals surface area contributed by atoms with Crippen LogP contribution < -0.4 is 15.4 Å². The van der Waals surface area contributed by atoms with E-state index in [0.29, 0.717) is 76.9 Å². The molecule has 3 aliphatic rings. The van der Waals surface area contributed by atoms with Crippen molar-refractivity contribution in [2.75, 3.05) is 50.1 Å². The quantitative estimate of drug-likeness (QED) is 0.260. The maximum absolute atomic E-state index is 14.9. The summed E-state index contributed by atoms with van der Waals surface area (Å²) in [6, 6.07) is 7.36. The molecule has 7 rings (SSSR count). The van der Waals surface area contributed by atoms with Crippen LogP contribution in [0.15, 0.2) is 18.2 Å². The molecule has 0 amide bonds. The molecule has 0 saturated carbocycles. The maximum atomic E-state index is 14.9. The topological polar surface area (TPSA) is 101 Å². The Labute approximate surface area is 263 Å². The van der Waals surface area contributed by atoms with Crippen LogP contribution in [0.2, 0.25) is 5.02 Å². The summed E-state index contributed by atoms with van der Waals surface area (Å²) in [4.78, 5) is 14.3. The van der Waals surface area contributed by atoms with Crippen molar-refractivity contribution in [1.82, 2.24) is 14.9 Å². The highest BCUT2D eigenvalue weighted by Crippen LogP contribution is 2.46. The van der Waals surface area contributed by atoms with E-state index in [1.807, 2.05) is 13.0 Å². The van der Waals surface area contributed by atoms with Gasteiger partial charge in [0.25, 0.3) is 0 Å². The Hall–Kier alpha value is -3.30. The number of aromatic nitrogens is 2. The number of rotatable bonds is 5. The average molecular weight is 639 g/mol. The molecule has 2 N–H and O–H groups in total. The number of anilines is 2. The van der Waals surface area contributed by atoms with Crippen LogP contribution in [0.3, 0.4) is 0 Å². The van der Waals surface area contributed by atoms with E-state index in [2.05, 4.69) is 22.8 Å². The molecular weight excluding hydrogens is 606 g/mol. The summed E-state index contributed by atoms with van der Waals surface area (Å²) in [5.74, 6) is 0.244. The SMILES string of the molecule is Cc1c(-c2ccc(F)c3sc(N)c(C#N)c23)c(Cl)cc2c(N3CCOCC[C@H]3C)nc(OC[C@@]34CCCN3C[C@H](F)C4)nc12. The average Bonchev–Trinajstić information content (AvgIpc) is 3.58. The number of nitrogens with zero attached hydrogens (tertiary/aromatic N) is 5. The lowest BCUT2D eigenvalue weighted by Gasteiger charge is -2.32. The summed E-state index contributed by atoms with van der Waals surface area (Å²) in [7, 11) is 0. The van der Waals surface area contributed by atoms with Gasteiger partial charge in [0.2, 0.25) is 0 Å². The zero-order chi connectivity index (χ0) is 30.7. The number of nitrogen functional groups attached to an aromatic ring is 1. The fraction of sp³-hybridized carbons (Fsp3) is 0.469. The van der Waals surface area contributed by atoms with Crippen molar-refractivity contribution in [3.05, 3.63) is 40.2 Å². The van der Waals surface area contributed by atoms with Gasteiger partial charge < -0.3 is 20.1 Å². The Morgan fingerprint density at radius 3 is 2.95 bits per heavy atom. The van der Waals surface area contributed by atoms with Gasteiger partial charge in [-0.2, -0.15) is 15.2 Å². The van der Waals surface area contributed by atoms with Crippen LogP contribution in [-0.4, -0.2) is 72.1 Å². The maximum Gasteiger partial charge on any atom is 0.319 e. The first-order valence-electron chi connectivity index (χ1n) is 15.0. The van der Waals surface area contributed by atoms with Crippen molar-refractivity contribution < 1.29 is 18.3 Å². The number of fused-ring (bicyclic) bond motifs is 3. The highest BCUT2D eigenvalue weighted by atomic mass is 35.5. The zero-order valence-corrected chi connectivity index (χ0v) is 26.2. The molecule has 8 nitrogen and oxygen atoms in total. The zero-order valence-electron chi connectivity index (χ0n) is 24.6. The number of ether oxygens (including phenoxy) is 2. The van der Waals surface area contributed by atoms with Crippen molar-refractivity contribution in [2.45, 2.75) is 57.3 Å². The van der Waals surface area contributed by atoms with Crippen molar-refractivity contribution in [1.29, 1.82) is 5.26 Å². The summed E-state index contributed by atoms with van der Waals surface area (Å²) in [6.45, 7) is 7.49. The summed E-state index contributed by atoms with van der Waals surface area (Å²) in [5.41, 5.74) is 8.64. The predicted molar refractivity (Wildman–Crippen MR) is 170 cm³/mol. The lowest BCUT2D eigenvalue weighted by atomic mass is 9.93. The third kappa shape index (κ3) is 4.74. The van der Waals surface area contributed by atoms with Gasteiger partial charge in [-0.1, -0.05) is 17.7 Å². The molecule has 2 aromatic carbocycles. The first-order valence-corrected chi connectivity index (χ1v) is 16.2. The molecule has 3 fully saturated rings. The van der Waals surface area contributed by atoms with Crippen LogP contribution in [0.4, 0.5) is 19.6 Å². The lowest BCUT2D eigenvalue weighted by Crippen LogP contribution is -2.43. The smallest absolute Gasteiger partial charge is 0.319 e. The molecule has 3 atom stereocenters. The van der Waals surface area contributed by atoms with Gasteiger partial charge in [0, 0.05) is 53.5 Å². The van der Waals surface area contributed by atoms with Gasteiger partial charge in [-0.3, -0.25) is 4.90 Å². The van der Waals surface area contributed by atoms with Crippen LogP contribution in [-0.2, 0) is 4.74 Å². The van der Waals surface area contributed by atoms with E-state index in [1.165, 1.54) is 6.07 Å². The van der Waals surface area contributed by atoms with Crippen molar-refractivity contribution in [2.24, 2.45) is 0 Å². The Kier molecular flexibility index (Phi) is 7.52. The molecular formula is C32H33ClF2N6O2S. The highest BCUT2D eigenvalue weighted by molar-refractivity contribution is 7.23. The van der Waals surface area contributed by atoms with Gasteiger partial charge in [-0.05, 0) is 62.9 Å². The van der Waals surface area contributed by atoms with E-state index in [0.717, 1.165) is 48.1 Å². The van der Waals surface area contributed by atoms with E-state index in [4.69, 9.17) is 36.8 Å². The molecule has 12 heteroatoms. The number of alkyl halides is 1. The lowest BCUT2D eigenvalue weighted by molar-refractivity contribution is 0.107. The third-order valence-corrected chi connectivity index (χ3v) is 10.9. The second kappa shape index (κ2) is 11.2. The van der Waals surface area contributed by atoms with Crippen molar-refractivity contribution >= 4 is 54.7 Å². The number of nitrogens with two attached hydrogens (primary N) is 1. The Morgan fingerprint density at radius 1 is 1.30 bits per heavy atom. The number of hydrogen-bond acceptors (Lipinski definition) is 9. The third-order valence-electron chi connectivity index (χ3n) is 9.54. The molecule has 3 saturated heterocycles. The molecule has 3 aliphatic heterocycles. The van der Waals surface area contributed by atoms with E-state index in [1.54, 1.807) is 6.07 Å². The van der Waals surface area contributed by atoms with Gasteiger partial charge in [0.05, 0.1) is 27.9 Å². The molecule has 4 aromatic rings. The van der Waals surface area contributed by atoms with Crippen LogP contribution in [0.5, 0.6) is 6.01 Å². The van der Waals surface area contributed by atoms with Crippen molar-refractivity contribution in [3.8, 4) is 23.2 Å². The van der Waals surface area contributed by atoms with Gasteiger partial charge >= 0.3 is 6.01 Å².